The summed E-state index contributed by atoms with van der Waals surface area (Å²) in [7, 11) is 0. The van der Waals surface area contributed by atoms with Crippen LogP contribution in [0.15, 0.2) is 18.2 Å². The van der Waals surface area contributed by atoms with E-state index < -0.39 is 0 Å². The highest BCUT2D eigenvalue weighted by Crippen LogP contribution is 2.27. The van der Waals surface area contributed by atoms with Crippen molar-refractivity contribution in [1.29, 1.82) is 0 Å². The zero-order valence-electron chi connectivity index (χ0n) is 8.79. The highest BCUT2D eigenvalue weighted by Gasteiger charge is 2.19. The number of nitrogens with one attached hydrogen (secondary N) is 1. The van der Waals surface area contributed by atoms with Crippen molar-refractivity contribution >= 4 is 11.6 Å². The van der Waals surface area contributed by atoms with Crippen LogP contribution in [0, 0.1) is 0 Å². The molecule has 1 atom stereocenters. The summed E-state index contributed by atoms with van der Waals surface area (Å²) in [4.78, 5) is 11.0. The summed E-state index contributed by atoms with van der Waals surface area (Å²) in [5.41, 5.74) is 3.18. The fourth-order valence-corrected chi connectivity index (χ4v) is 2.08. The molecule has 0 aliphatic heterocycles. The van der Waals surface area contributed by atoms with Gasteiger partial charge in [0.2, 0.25) is 5.91 Å². The molecule has 0 unspecified atom stereocenters. The SMILES string of the molecule is CC(=O)Nc1cccc2c1C[C@H](O)CC2. The molecule has 3 heteroatoms. The maximum Gasteiger partial charge on any atom is 0.221 e. The second-order valence-electron chi connectivity index (χ2n) is 4.02. The zero-order chi connectivity index (χ0) is 10.8. The standard InChI is InChI=1S/C12H15NO2/c1-8(14)13-12-4-2-3-9-5-6-10(15)7-11(9)12/h2-4,10,15H,5-7H2,1H3,(H,13,14)/t10-/m1/s1. The number of anilines is 1. The van der Waals surface area contributed by atoms with Gasteiger partial charge in [-0.2, -0.15) is 0 Å². The summed E-state index contributed by atoms with van der Waals surface area (Å²) in [6.45, 7) is 1.50. The first kappa shape index (κ1) is 10.2. The van der Waals surface area contributed by atoms with E-state index in [9.17, 15) is 9.90 Å². The molecular weight excluding hydrogens is 190 g/mol. The first-order valence-corrected chi connectivity index (χ1v) is 5.23. The van der Waals surface area contributed by atoms with Crippen LogP contribution in [0.1, 0.15) is 24.5 Å². The Hall–Kier alpha value is -1.35. The lowest BCUT2D eigenvalue weighted by Gasteiger charge is -2.23. The van der Waals surface area contributed by atoms with E-state index in [1.54, 1.807) is 0 Å². The molecule has 0 aromatic heterocycles. The van der Waals surface area contributed by atoms with Crippen LogP contribution in [-0.2, 0) is 17.6 Å². The van der Waals surface area contributed by atoms with Crippen molar-refractivity contribution in [1.82, 2.24) is 0 Å². The average molecular weight is 205 g/mol. The summed E-state index contributed by atoms with van der Waals surface area (Å²) in [6.07, 6.45) is 2.08. The zero-order valence-corrected chi connectivity index (χ0v) is 8.79. The van der Waals surface area contributed by atoms with Gasteiger partial charge in [-0.15, -0.1) is 0 Å². The largest absolute Gasteiger partial charge is 0.393 e. The number of aryl methyl sites for hydroxylation is 1. The Morgan fingerprint density at radius 1 is 1.53 bits per heavy atom. The second kappa shape index (κ2) is 4.03. The van der Waals surface area contributed by atoms with Crippen LogP contribution < -0.4 is 5.32 Å². The van der Waals surface area contributed by atoms with Gasteiger partial charge >= 0.3 is 0 Å². The number of benzene rings is 1. The van der Waals surface area contributed by atoms with Crippen LogP contribution in [0.4, 0.5) is 5.69 Å². The molecule has 0 radical (unpaired) electrons. The molecule has 1 aromatic carbocycles. The molecule has 1 aromatic rings. The Kier molecular flexibility index (Phi) is 2.73. The lowest BCUT2D eigenvalue weighted by Crippen LogP contribution is -2.21. The summed E-state index contributed by atoms with van der Waals surface area (Å²) in [5.74, 6) is -0.0662. The molecule has 1 aliphatic rings. The number of hydrogen-bond donors (Lipinski definition) is 2. The first-order valence-electron chi connectivity index (χ1n) is 5.23. The lowest BCUT2D eigenvalue weighted by atomic mass is 9.88. The quantitative estimate of drug-likeness (QED) is 0.729. The summed E-state index contributed by atoms with van der Waals surface area (Å²) in [5, 5.41) is 12.4. The molecule has 0 heterocycles. The van der Waals surface area contributed by atoms with Crippen molar-refractivity contribution in [3.63, 3.8) is 0 Å². The lowest BCUT2D eigenvalue weighted by molar-refractivity contribution is -0.114. The summed E-state index contributed by atoms with van der Waals surface area (Å²) in [6, 6.07) is 5.90. The van der Waals surface area contributed by atoms with E-state index in [-0.39, 0.29) is 12.0 Å². The summed E-state index contributed by atoms with van der Waals surface area (Å²) < 4.78 is 0. The number of amides is 1. The normalized spacial score (nSPS) is 19.5. The maximum absolute atomic E-state index is 11.0. The van der Waals surface area contributed by atoms with Crippen LogP contribution in [0.5, 0.6) is 0 Å². The highest BCUT2D eigenvalue weighted by atomic mass is 16.3. The minimum Gasteiger partial charge on any atom is -0.393 e. The Morgan fingerprint density at radius 3 is 3.07 bits per heavy atom. The van der Waals surface area contributed by atoms with Crippen LogP contribution >= 0.6 is 0 Å². The van der Waals surface area contributed by atoms with E-state index in [2.05, 4.69) is 11.4 Å². The van der Waals surface area contributed by atoms with Crippen LogP contribution in [0.25, 0.3) is 0 Å². The number of aliphatic hydroxyl groups excluding tert-OH is 1. The molecule has 0 spiro atoms. The molecule has 0 bridgehead atoms. The van der Waals surface area contributed by atoms with Crippen LogP contribution in [-0.4, -0.2) is 17.1 Å². The number of aliphatic hydroxyl groups is 1. The average Bonchev–Trinajstić information content (AvgIpc) is 2.18. The third-order valence-corrected chi connectivity index (χ3v) is 2.77. The molecule has 2 N–H and O–H groups in total. The fourth-order valence-electron chi connectivity index (χ4n) is 2.08. The van der Waals surface area contributed by atoms with Gasteiger partial charge in [0.1, 0.15) is 0 Å². The van der Waals surface area contributed by atoms with E-state index in [0.717, 1.165) is 24.1 Å². The maximum atomic E-state index is 11.0. The molecule has 0 fully saturated rings. The highest BCUT2D eigenvalue weighted by molar-refractivity contribution is 5.89. The molecular formula is C12H15NO2. The van der Waals surface area contributed by atoms with E-state index in [1.807, 2.05) is 12.1 Å². The molecule has 15 heavy (non-hydrogen) atoms. The summed E-state index contributed by atoms with van der Waals surface area (Å²) >= 11 is 0. The third kappa shape index (κ3) is 2.18. The predicted octanol–water partition coefficient (Wildman–Crippen LogP) is 1.49. The Bertz CT molecular complexity index is 387. The Balaban J connectivity index is 2.35. The van der Waals surface area contributed by atoms with Crippen molar-refractivity contribution < 1.29 is 9.90 Å². The molecule has 3 nitrogen and oxygen atoms in total. The molecule has 80 valence electrons. The number of hydrogen-bond acceptors (Lipinski definition) is 2. The van der Waals surface area contributed by atoms with Gasteiger partial charge in [-0.3, -0.25) is 4.79 Å². The smallest absolute Gasteiger partial charge is 0.221 e. The van der Waals surface area contributed by atoms with E-state index in [1.165, 1.54) is 12.5 Å². The van der Waals surface area contributed by atoms with E-state index >= 15 is 0 Å². The first-order chi connectivity index (χ1) is 7.16. The Morgan fingerprint density at radius 2 is 2.33 bits per heavy atom. The van der Waals surface area contributed by atoms with Crippen molar-refractivity contribution in [2.24, 2.45) is 0 Å². The number of carbonyl (C=O) groups excluding carboxylic acids is 1. The topological polar surface area (TPSA) is 49.3 Å². The van der Waals surface area contributed by atoms with Crippen molar-refractivity contribution in [3.05, 3.63) is 29.3 Å². The molecule has 0 saturated heterocycles. The van der Waals surface area contributed by atoms with Gasteiger partial charge in [0.05, 0.1) is 6.10 Å². The van der Waals surface area contributed by atoms with Crippen LogP contribution in [0.2, 0.25) is 0 Å². The van der Waals surface area contributed by atoms with Gasteiger partial charge in [0, 0.05) is 19.0 Å². The van der Waals surface area contributed by atoms with E-state index in [4.69, 9.17) is 0 Å². The van der Waals surface area contributed by atoms with Gasteiger partial charge < -0.3 is 10.4 Å². The number of carbonyl (C=O) groups is 1. The second-order valence-corrected chi connectivity index (χ2v) is 4.02. The number of rotatable bonds is 1. The van der Waals surface area contributed by atoms with Crippen molar-refractivity contribution in [2.75, 3.05) is 5.32 Å². The van der Waals surface area contributed by atoms with Gasteiger partial charge in [-0.1, -0.05) is 12.1 Å². The van der Waals surface area contributed by atoms with Gasteiger partial charge in [0.15, 0.2) is 0 Å². The fraction of sp³-hybridized carbons (Fsp3) is 0.417. The van der Waals surface area contributed by atoms with Gasteiger partial charge in [-0.25, -0.2) is 0 Å². The molecule has 1 amide bonds. The van der Waals surface area contributed by atoms with Gasteiger partial charge in [-0.05, 0) is 30.0 Å². The molecule has 1 aliphatic carbocycles. The Labute approximate surface area is 89.1 Å². The van der Waals surface area contributed by atoms with E-state index in [0.29, 0.717) is 6.42 Å². The van der Waals surface area contributed by atoms with Crippen molar-refractivity contribution in [2.45, 2.75) is 32.3 Å². The van der Waals surface area contributed by atoms with Crippen LogP contribution in [0.3, 0.4) is 0 Å². The molecule has 0 saturated carbocycles. The minimum absolute atomic E-state index is 0.0662. The monoisotopic (exact) mass is 205 g/mol. The van der Waals surface area contributed by atoms with Crippen molar-refractivity contribution in [3.8, 4) is 0 Å². The molecule has 2 rings (SSSR count). The third-order valence-electron chi connectivity index (χ3n) is 2.77. The van der Waals surface area contributed by atoms with Gasteiger partial charge in [0.25, 0.3) is 0 Å². The number of fused-ring (bicyclic) bond motifs is 1. The predicted molar refractivity (Wildman–Crippen MR) is 58.8 cm³/mol. The minimum atomic E-state index is -0.271.